The molecular formula is C16H15N3O3. The lowest BCUT2D eigenvalue weighted by molar-refractivity contribution is 0.0995. The van der Waals surface area contributed by atoms with Gasteiger partial charge in [0.1, 0.15) is 11.4 Å². The van der Waals surface area contributed by atoms with Gasteiger partial charge in [0, 0.05) is 6.07 Å². The van der Waals surface area contributed by atoms with Crippen LogP contribution >= 0.6 is 0 Å². The van der Waals surface area contributed by atoms with Gasteiger partial charge in [0.05, 0.1) is 19.9 Å². The number of hydrogen-bond donors (Lipinski definition) is 1. The summed E-state index contributed by atoms with van der Waals surface area (Å²) < 4.78 is 12.2. The zero-order valence-corrected chi connectivity index (χ0v) is 12.0. The number of primary amides is 1. The average molecular weight is 297 g/mol. The number of amides is 1. The van der Waals surface area contributed by atoms with Crippen LogP contribution in [0.1, 0.15) is 16.1 Å². The number of furan rings is 1. The molecule has 0 aliphatic heterocycles. The second-order valence-electron chi connectivity index (χ2n) is 4.76. The zero-order chi connectivity index (χ0) is 15.5. The zero-order valence-electron chi connectivity index (χ0n) is 12.0. The van der Waals surface area contributed by atoms with E-state index in [-0.39, 0.29) is 5.69 Å². The maximum Gasteiger partial charge on any atom is 0.269 e. The number of nitrogens with two attached hydrogens (primary N) is 1. The SMILES string of the molecule is COc1ccc(Cn2nc(C(N)=O)cc2-c2ccco2)cc1. The highest BCUT2D eigenvalue weighted by atomic mass is 16.5. The third-order valence-electron chi connectivity index (χ3n) is 3.30. The lowest BCUT2D eigenvalue weighted by Gasteiger charge is -2.07. The minimum atomic E-state index is -0.568. The molecule has 0 unspecified atom stereocenters. The molecule has 0 spiro atoms. The molecule has 2 heterocycles. The number of rotatable bonds is 5. The van der Waals surface area contributed by atoms with Crippen molar-refractivity contribution in [1.82, 2.24) is 9.78 Å². The van der Waals surface area contributed by atoms with Gasteiger partial charge in [0.2, 0.25) is 0 Å². The van der Waals surface area contributed by atoms with Gasteiger partial charge in [-0.1, -0.05) is 12.1 Å². The van der Waals surface area contributed by atoms with E-state index in [4.69, 9.17) is 14.9 Å². The Balaban J connectivity index is 1.96. The molecule has 0 fully saturated rings. The molecule has 0 aliphatic carbocycles. The summed E-state index contributed by atoms with van der Waals surface area (Å²) in [4.78, 5) is 11.4. The van der Waals surface area contributed by atoms with Crippen LogP contribution in [0.15, 0.2) is 53.1 Å². The molecule has 2 N–H and O–H groups in total. The minimum absolute atomic E-state index is 0.208. The Kier molecular flexibility index (Phi) is 3.65. The maximum absolute atomic E-state index is 11.4. The first-order valence-electron chi connectivity index (χ1n) is 6.72. The summed E-state index contributed by atoms with van der Waals surface area (Å²) in [5.74, 6) is 0.850. The Bertz CT molecular complexity index is 774. The number of aromatic nitrogens is 2. The number of methoxy groups -OCH3 is 1. The number of carbonyl (C=O) groups excluding carboxylic acids is 1. The van der Waals surface area contributed by atoms with Crippen molar-refractivity contribution in [3.63, 3.8) is 0 Å². The molecule has 6 heteroatoms. The smallest absolute Gasteiger partial charge is 0.269 e. The minimum Gasteiger partial charge on any atom is -0.497 e. The van der Waals surface area contributed by atoms with E-state index >= 15 is 0 Å². The van der Waals surface area contributed by atoms with E-state index in [1.165, 1.54) is 0 Å². The number of ether oxygens (including phenoxy) is 1. The van der Waals surface area contributed by atoms with Crippen LogP contribution in [-0.2, 0) is 6.54 Å². The number of nitrogens with zero attached hydrogens (tertiary/aromatic N) is 2. The number of benzene rings is 1. The Morgan fingerprint density at radius 3 is 2.68 bits per heavy atom. The molecule has 3 aromatic rings. The quantitative estimate of drug-likeness (QED) is 0.783. The fraction of sp³-hybridized carbons (Fsp3) is 0.125. The highest BCUT2D eigenvalue weighted by Gasteiger charge is 2.15. The Morgan fingerprint density at radius 1 is 1.32 bits per heavy atom. The standard InChI is InChI=1S/C16H15N3O3/c1-21-12-6-4-11(5-7-12)10-19-14(15-3-2-8-22-15)9-13(18-19)16(17)20/h2-9H,10H2,1H3,(H2,17,20). The Morgan fingerprint density at radius 2 is 2.09 bits per heavy atom. The van der Waals surface area contributed by atoms with E-state index in [9.17, 15) is 4.79 Å². The summed E-state index contributed by atoms with van der Waals surface area (Å²) >= 11 is 0. The summed E-state index contributed by atoms with van der Waals surface area (Å²) in [7, 11) is 1.62. The first kappa shape index (κ1) is 13.9. The van der Waals surface area contributed by atoms with Crippen molar-refractivity contribution in [3.8, 4) is 17.2 Å². The van der Waals surface area contributed by atoms with Crippen LogP contribution < -0.4 is 10.5 Å². The molecule has 0 saturated carbocycles. The molecule has 1 amide bonds. The molecule has 0 atom stereocenters. The second kappa shape index (κ2) is 5.77. The van der Waals surface area contributed by atoms with Crippen LogP contribution in [0, 0.1) is 0 Å². The van der Waals surface area contributed by atoms with Crippen LogP contribution in [0.3, 0.4) is 0 Å². The summed E-state index contributed by atoms with van der Waals surface area (Å²) in [5, 5.41) is 4.25. The summed E-state index contributed by atoms with van der Waals surface area (Å²) in [6.07, 6.45) is 1.57. The second-order valence-corrected chi connectivity index (χ2v) is 4.76. The van der Waals surface area contributed by atoms with Crippen molar-refractivity contribution in [3.05, 3.63) is 60.0 Å². The predicted octanol–water partition coefficient (Wildman–Crippen LogP) is 2.30. The van der Waals surface area contributed by atoms with Crippen molar-refractivity contribution in [1.29, 1.82) is 0 Å². The van der Waals surface area contributed by atoms with Gasteiger partial charge in [-0.3, -0.25) is 9.48 Å². The van der Waals surface area contributed by atoms with E-state index in [2.05, 4.69) is 5.10 Å². The normalized spacial score (nSPS) is 10.6. The van der Waals surface area contributed by atoms with E-state index in [0.29, 0.717) is 18.0 Å². The molecule has 0 aliphatic rings. The lowest BCUT2D eigenvalue weighted by Crippen LogP contribution is -2.12. The van der Waals surface area contributed by atoms with Gasteiger partial charge < -0.3 is 14.9 Å². The Labute approximate surface area is 127 Å². The van der Waals surface area contributed by atoms with Gasteiger partial charge in [0.25, 0.3) is 5.91 Å². The van der Waals surface area contributed by atoms with Crippen molar-refractivity contribution in [2.45, 2.75) is 6.54 Å². The molecule has 22 heavy (non-hydrogen) atoms. The van der Waals surface area contributed by atoms with E-state index in [1.54, 1.807) is 30.2 Å². The molecule has 0 saturated heterocycles. The van der Waals surface area contributed by atoms with Crippen LogP contribution in [0.25, 0.3) is 11.5 Å². The van der Waals surface area contributed by atoms with E-state index in [1.807, 2.05) is 30.3 Å². The summed E-state index contributed by atoms with van der Waals surface area (Å²) in [5.41, 5.74) is 7.25. The van der Waals surface area contributed by atoms with Crippen molar-refractivity contribution in [2.75, 3.05) is 7.11 Å². The Hall–Kier alpha value is -3.02. The monoisotopic (exact) mass is 297 g/mol. The fourth-order valence-electron chi connectivity index (χ4n) is 2.18. The molecule has 0 bridgehead atoms. The lowest BCUT2D eigenvalue weighted by atomic mass is 10.2. The third-order valence-corrected chi connectivity index (χ3v) is 3.30. The van der Waals surface area contributed by atoms with Crippen LogP contribution in [-0.4, -0.2) is 22.8 Å². The van der Waals surface area contributed by atoms with Gasteiger partial charge in [0.15, 0.2) is 11.5 Å². The molecule has 6 nitrogen and oxygen atoms in total. The third kappa shape index (κ3) is 2.71. The number of hydrogen-bond acceptors (Lipinski definition) is 4. The largest absolute Gasteiger partial charge is 0.497 e. The first-order valence-corrected chi connectivity index (χ1v) is 6.72. The highest BCUT2D eigenvalue weighted by Crippen LogP contribution is 2.22. The highest BCUT2D eigenvalue weighted by molar-refractivity contribution is 5.91. The van der Waals surface area contributed by atoms with Crippen LogP contribution in [0.4, 0.5) is 0 Å². The van der Waals surface area contributed by atoms with Crippen molar-refractivity contribution in [2.24, 2.45) is 5.73 Å². The molecule has 3 rings (SSSR count). The summed E-state index contributed by atoms with van der Waals surface area (Å²) in [6.45, 7) is 0.493. The fourth-order valence-corrected chi connectivity index (χ4v) is 2.18. The predicted molar refractivity (Wildman–Crippen MR) is 80.5 cm³/mol. The van der Waals surface area contributed by atoms with Gasteiger partial charge in [-0.2, -0.15) is 5.10 Å². The first-order chi connectivity index (χ1) is 10.7. The topological polar surface area (TPSA) is 83.3 Å². The maximum atomic E-state index is 11.4. The van der Waals surface area contributed by atoms with E-state index < -0.39 is 5.91 Å². The molecule has 0 radical (unpaired) electrons. The van der Waals surface area contributed by atoms with Crippen LogP contribution in [0.5, 0.6) is 5.75 Å². The molecule has 1 aromatic carbocycles. The van der Waals surface area contributed by atoms with Gasteiger partial charge in [-0.15, -0.1) is 0 Å². The van der Waals surface area contributed by atoms with Crippen LogP contribution in [0.2, 0.25) is 0 Å². The van der Waals surface area contributed by atoms with E-state index in [0.717, 1.165) is 11.3 Å². The van der Waals surface area contributed by atoms with Gasteiger partial charge >= 0.3 is 0 Å². The summed E-state index contributed by atoms with van der Waals surface area (Å²) in [6, 6.07) is 12.9. The van der Waals surface area contributed by atoms with Gasteiger partial charge in [-0.05, 0) is 29.8 Å². The number of carbonyl (C=O) groups is 1. The van der Waals surface area contributed by atoms with Crippen molar-refractivity contribution < 1.29 is 13.9 Å². The molecule has 2 aromatic heterocycles. The van der Waals surface area contributed by atoms with Gasteiger partial charge in [-0.25, -0.2) is 0 Å². The molecular weight excluding hydrogens is 282 g/mol. The van der Waals surface area contributed by atoms with Crippen molar-refractivity contribution >= 4 is 5.91 Å². The average Bonchev–Trinajstić information content (AvgIpc) is 3.17. The molecule has 112 valence electrons.